The number of nitrogens with zero attached hydrogens (tertiary/aromatic N) is 1. The first-order valence-electron chi connectivity index (χ1n) is 11.9. The van der Waals surface area contributed by atoms with E-state index in [1.165, 1.54) is 6.21 Å². The summed E-state index contributed by atoms with van der Waals surface area (Å²) in [5.41, 5.74) is 3.38. The van der Waals surface area contributed by atoms with Crippen LogP contribution in [0.25, 0.3) is 0 Å². The molecule has 2 rings (SSSR count). The Morgan fingerprint density at radius 1 is 1.00 bits per heavy atom. The Morgan fingerprint density at radius 2 is 1.76 bits per heavy atom. The Balaban J connectivity index is 1.85. The molecule has 0 aliphatic heterocycles. The molecule has 0 aliphatic carbocycles. The van der Waals surface area contributed by atoms with Crippen LogP contribution in [0, 0.1) is 0 Å². The molecule has 0 heterocycles. The molecule has 0 fully saturated rings. The van der Waals surface area contributed by atoms with E-state index in [9.17, 15) is 14.4 Å². The molecule has 37 heavy (non-hydrogen) atoms. The molecule has 0 atom stereocenters. The summed E-state index contributed by atoms with van der Waals surface area (Å²) in [5, 5.41) is 9.05. The summed E-state index contributed by atoms with van der Waals surface area (Å²) in [5.74, 6) is -0.552. The number of carbonyl (C=O) groups is 3. The molecule has 3 amide bonds. The number of hydrogen-bond donors (Lipinski definition) is 3. The van der Waals surface area contributed by atoms with E-state index in [1.54, 1.807) is 49.6 Å². The quantitative estimate of drug-likeness (QED) is 0.152. The lowest BCUT2D eigenvalue weighted by molar-refractivity contribution is -0.139. The first-order valence-corrected chi connectivity index (χ1v) is 11.9. The minimum atomic E-state index is -0.881. The van der Waals surface area contributed by atoms with Gasteiger partial charge in [-0.2, -0.15) is 5.10 Å². The van der Waals surface area contributed by atoms with Crippen molar-refractivity contribution in [2.24, 2.45) is 5.10 Å². The second-order valence-electron chi connectivity index (χ2n) is 7.93. The van der Waals surface area contributed by atoms with Crippen LogP contribution in [0.5, 0.6) is 17.2 Å². The fourth-order valence-corrected chi connectivity index (χ4v) is 2.90. The normalized spacial score (nSPS) is 10.7. The number of hydrazone groups is 1. The highest BCUT2D eigenvalue weighted by atomic mass is 16.5. The van der Waals surface area contributed by atoms with E-state index in [1.807, 2.05) is 20.8 Å². The highest BCUT2D eigenvalue weighted by Crippen LogP contribution is 2.28. The smallest absolute Gasteiger partial charge is 0.329 e. The zero-order valence-corrected chi connectivity index (χ0v) is 21.5. The summed E-state index contributed by atoms with van der Waals surface area (Å²) in [6.45, 7) is 6.61. The minimum absolute atomic E-state index is 0.113. The summed E-state index contributed by atoms with van der Waals surface area (Å²) in [7, 11) is 1.57. The summed E-state index contributed by atoms with van der Waals surface area (Å²) in [6, 6.07) is 11.9. The van der Waals surface area contributed by atoms with Crippen molar-refractivity contribution in [2.45, 2.75) is 33.3 Å². The van der Waals surface area contributed by atoms with Crippen molar-refractivity contribution < 1.29 is 33.3 Å². The summed E-state index contributed by atoms with van der Waals surface area (Å²) >= 11 is 0. The van der Waals surface area contributed by atoms with Gasteiger partial charge in [-0.05, 0) is 75.2 Å². The monoisotopic (exact) mass is 514 g/mol. The molecule has 0 saturated carbocycles. The molecule has 0 aromatic heterocycles. The molecular weight excluding hydrogens is 480 g/mol. The predicted octanol–water partition coefficient (Wildman–Crippen LogP) is 2.49. The fourth-order valence-electron chi connectivity index (χ4n) is 2.90. The van der Waals surface area contributed by atoms with Gasteiger partial charge in [-0.25, -0.2) is 5.43 Å². The van der Waals surface area contributed by atoms with Crippen LogP contribution in [0.4, 0.5) is 5.69 Å². The van der Waals surface area contributed by atoms with E-state index < -0.39 is 11.8 Å². The molecule has 0 spiro atoms. The average Bonchev–Trinajstić information content (AvgIpc) is 2.88. The van der Waals surface area contributed by atoms with Crippen LogP contribution < -0.4 is 30.3 Å². The van der Waals surface area contributed by atoms with Gasteiger partial charge in [0.25, 0.3) is 5.91 Å². The van der Waals surface area contributed by atoms with Gasteiger partial charge in [0.2, 0.25) is 0 Å². The zero-order chi connectivity index (χ0) is 27.0. The predicted molar refractivity (Wildman–Crippen MR) is 139 cm³/mol. The van der Waals surface area contributed by atoms with Crippen molar-refractivity contribution in [1.82, 2.24) is 10.7 Å². The van der Waals surface area contributed by atoms with Gasteiger partial charge in [0.05, 0.1) is 26.0 Å². The molecule has 0 unspecified atom stereocenters. The van der Waals surface area contributed by atoms with E-state index >= 15 is 0 Å². The molecule has 0 bridgehead atoms. The first kappa shape index (κ1) is 29.1. The van der Waals surface area contributed by atoms with Crippen LogP contribution >= 0.6 is 0 Å². The molecule has 2 aromatic carbocycles. The highest BCUT2D eigenvalue weighted by molar-refractivity contribution is 6.35. The van der Waals surface area contributed by atoms with Crippen LogP contribution in [0.15, 0.2) is 47.6 Å². The van der Waals surface area contributed by atoms with Gasteiger partial charge in [0.15, 0.2) is 18.1 Å². The Kier molecular flexibility index (Phi) is 12.4. The largest absolute Gasteiger partial charge is 0.497 e. The van der Waals surface area contributed by atoms with Gasteiger partial charge in [-0.1, -0.05) is 0 Å². The molecular formula is C26H34N4O7. The number of benzene rings is 2. The maximum atomic E-state index is 12.3. The van der Waals surface area contributed by atoms with Crippen molar-refractivity contribution in [1.29, 1.82) is 0 Å². The topological polar surface area (TPSA) is 137 Å². The lowest BCUT2D eigenvalue weighted by Gasteiger charge is -2.13. The van der Waals surface area contributed by atoms with Crippen molar-refractivity contribution in [3.63, 3.8) is 0 Å². The summed E-state index contributed by atoms with van der Waals surface area (Å²) in [4.78, 5) is 36.0. The third kappa shape index (κ3) is 11.0. The Labute approximate surface area is 216 Å². The van der Waals surface area contributed by atoms with Gasteiger partial charge in [-0.3, -0.25) is 14.4 Å². The maximum Gasteiger partial charge on any atom is 0.329 e. The number of carbonyl (C=O) groups excluding carboxylic acids is 3. The second kappa shape index (κ2) is 15.8. The molecule has 200 valence electrons. The summed E-state index contributed by atoms with van der Waals surface area (Å²) in [6.07, 6.45) is 2.07. The van der Waals surface area contributed by atoms with Crippen LogP contribution in [0.2, 0.25) is 0 Å². The van der Waals surface area contributed by atoms with E-state index in [0.29, 0.717) is 54.7 Å². The molecule has 0 saturated heterocycles. The minimum Gasteiger partial charge on any atom is -0.497 e. The number of ether oxygens (including phenoxy) is 4. The Bertz CT molecular complexity index is 1060. The maximum absolute atomic E-state index is 12.3. The van der Waals surface area contributed by atoms with Crippen LogP contribution in [-0.2, 0) is 19.1 Å². The van der Waals surface area contributed by atoms with Crippen LogP contribution in [0.3, 0.4) is 0 Å². The first-order chi connectivity index (χ1) is 17.8. The SMILES string of the molecule is CCOc1cc(C=NNC(=O)C(=O)NCCCOC(C)C)ccc1OCC(=O)Nc1ccc(OC)cc1. The molecule has 11 heteroatoms. The van der Waals surface area contributed by atoms with Crippen molar-refractivity contribution in [3.8, 4) is 17.2 Å². The highest BCUT2D eigenvalue weighted by Gasteiger charge is 2.12. The zero-order valence-electron chi connectivity index (χ0n) is 21.5. The van der Waals surface area contributed by atoms with Crippen molar-refractivity contribution >= 4 is 29.6 Å². The van der Waals surface area contributed by atoms with E-state index in [0.717, 1.165) is 0 Å². The van der Waals surface area contributed by atoms with Gasteiger partial charge in [0, 0.05) is 18.8 Å². The van der Waals surface area contributed by atoms with Crippen molar-refractivity contribution in [2.75, 3.05) is 38.8 Å². The third-order valence-corrected chi connectivity index (χ3v) is 4.64. The van der Waals surface area contributed by atoms with Crippen LogP contribution in [-0.4, -0.2) is 63.5 Å². The van der Waals surface area contributed by atoms with Gasteiger partial charge >= 0.3 is 11.8 Å². The molecule has 0 radical (unpaired) electrons. The van der Waals surface area contributed by atoms with E-state index in [-0.39, 0.29) is 18.6 Å². The summed E-state index contributed by atoms with van der Waals surface area (Å²) < 4.78 is 21.7. The molecule has 11 nitrogen and oxygen atoms in total. The number of methoxy groups -OCH3 is 1. The second-order valence-corrected chi connectivity index (χ2v) is 7.93. The fraction of sp³-hybridized carbons (Fsp3) is 0.385. The van der Waals surface area contributed by atoms with E-state index in [4.69, 9.17) is 18.9 Å². The molecule has 3 N–H and O–H groups in total. The number of nitrogens with one attached hydrogen (secondary N) is 3. The van der Waals surface area contributed by atoms with Gasteiger partial charge < -0.3 is 29.6 Å². The lowest BCUT2D eigenvalue weighted by Crippen LogP contribution is -2.38. The van der Waals surface area contributed by atoms with Crippen molar-refractivity contribution in [3.05, 3.63) is 48.0 Å². The lowest BCUT2D eigenvalue weighted by atomic mass is 10.2. The Hall–Kier alpha value is -4.12. The van der Waals surface area contributed by atoms with Crippen LogP contribution in [0.1, 0.15) is 32.8 Å². The number of amides is 3. The van der Waals surface area contributed by atoms with Gasteiger partial charge in [-0.15, -0.1) is 0 Å². The van der Waals surface area contributed by atoms with E-state index in [2.05, 4.69) is 21.2 Å². The van der Waals surface area contributed by atoms with Gasteiger partial charge in [0.1, 0.15) is 5.75 Å². The molecule has 2 aromatic rings. The number of rotatable bonds is 14. The third-order valence-electron chi connectivity index (χ3n) is 4.64. The molecule has 0 aliphatic rings. The number of anilines is 1. The standard InChI is InChI=1S/C26H34N4O7/c1-5-35-23-15-19(16-28-30-26(33)25(32)27-13-6-14-36-18(2)3)7-12-22(23)37-17-24(31)29-20-8-10-21(34-4)11-9-20/h7-12,15-16,18H,5-6,13-14,17H2,1-4H3,(H,27,32)(H,29,31)(H,30,33). The average molecular weight is 515 g/mol. The number of hydrogen-bond acceptors (Lipinski definition) is 8. The Morgan fingerprint density at radius 3 is 2.43 bits per heavy atom.